The number of ether oxygens (including phenoxy) is 1. The van der Waals surface area contributed by atoms with Crippen molar-refractivity contribution in [2.45, 2.75) is 70.1 Å². The number of piperidine rings is 2. The van der Waals surface area contributed by atoms with Gasteiger partial charge in [-0.1, -0.05) is 31.9 Å². The molecular formula is C17H25NO. The predicted octanol–water partition coefficient (Wildman–Crippen LogP) is 3.69. The van der Waals surface area contributed by atoms with Crippen LogP contribution in [0.15, 0.2) is 24.3 Å². The van der Waals surface area contributed by atoms with Crippen molar-refractivity contribution in [2.75, 3.05) is 0 Å². The second kappa shape index (κ2) is 5.96. The Morgan fingerprint density at radius 2 is 2.00 bits per heavy atom. The van der Waals surface area contributed by atoms with Crippen molar-refractivity contribution in [2.24, 2.45) is 0 Å². The second-order valence-corrected chi connectivity index (χ2v) is 6.10. The Hall–Kier alpha value is -1.02. The van der Waals surface area contributed by atoms with Crippen LogP contribution in [0.4, 0.5) is 0 Å². The van der Waals surface area contributed by atoms with E-state index in [1.54, 1.807) is 0 Å². The highest BCUT2D eigenvalue weighted by Crippen LogP contribution is 2.28. The largest absolute Gasteiger partial charge is 0.490 e. The fourth-order valence-corrected chi connectivity index (χ4v) is 3.56. The van der Waals surface area contributed by atoms with Crippen molar-refractivity contribution in [1.82, 2.24) is 5.32 Å². The normalized spacial score (nSPS) is 30.1. The molecule has 2 nitrogen and oxygen atoms in total. The summed E-state index contributed by atoms with van der Waals surface area (Å²) in [5.74, 6) is 1.07. The first-order chi connectivity index (χ1) is 9.33. The van der Waals surface area contributed by atoms with Gasteiger partial charge in [0.1, 0.15) is 11.9 Å². The fraction of sp³-hybridized carbons (Fsp3) is 0.647. The molecule has 3 atom stereocenters. The number of hydrogen-bond acceptors (Lipinski definition) is 2. The molecule has 0 saturated carbocycles. The zero-order valence-electron chi connectivity index (χ0n) is 11.9. The first kappa shape index (κ1) is 13.0. The third kappa shape index (κ3) is 3.30. The minimum Gasteiger partial charge on any atom is -0.490 e. The van der Waals surface area contributed by atoms with E-state index >= 15 is 0 Å². The molecule has 2 heterocycles. The summed E-state index contributed by atoms with van der Waals surface area (Å²) in [5, 5.41) is 3.72. The number of hydrogen-bond donors (Lipinski definition) is 1. The van der Waals surface area contributed by atoms with Crippen LogP contribution < -0.4 is 10.1 Å². The molecular weight excluding hydrogens is 234 g/mol. The molecule has 0 aromatic heterocycles. The molecule has 2 saturated heterocycles. The molecule has 1 aromatic carbocycles. The van der Waals surface area contributed by atoms with Gasteiger partial charge in [-0.3, -0.25) is 0 Å². The van der Waals surface area contributed by atoms with Gasteiger partial charge in [0.15, 0.2) is 0 Å². The number of fused-ring (bicyclic) bond motifs is 2. The standard InChI is InChI=1S/C17H25NO/c1-2-5-13-6-3-9-16(10-13)19-17-11-14-7-4-8-15(12-17)18-14/h3,6,9-10,14-15,17-18H,2,4-5,7-8,11-12H2,1H3/t14-,15+,17?. The second-order valence-electron chi connectivity index (χ2n) is 6.10. The predicted molar refractivity (Wildman–Crippen MR) is 78.6 cm³/mol. The van der Waals surface area contributed by atoms with Gasteiger partial charge in [0.05, 0.1) is 0 Å². The molecule has 0 aliphatic carbocycles. The lowest BCUT2D eigenvalue weighted by Gasteiger charge is -2.40. The van der Waals surface area contributed by atoms with Crippen LogP contribution in [0.1, 0.15) is 51.0 Å². The van der Waals surface area contributed by atoms with Gasteiger partial charge in [-0.2, -0.15) is 0 Å². The summed E-state index contributed by atoms with van der Waals surface area (Å²) >= 11 is 0. The zero-order valence-corrected chi connectivity index (χ0v) is 11.9. The average Bonchev–Trinajstić information content (AvgIpc) is 2.39. The lowest BCUT2D eigenvalue weighted by Crippen LogP contribution is -2.51. The maximum atomic E-state index is 6.24. The third-order valence-electron chi connectivity index (χ3n) is 4.41. The lowest BCUT2D eigenvalue weighted by molar-refractivity contribution is 0.0927. The van der Waals surface area contributed by atoms with Gasteiger partial charge >= 0.3 is 0 Å². The first-order valence-electron chi connectivity index (χ1n) is 7.85. The Morgan fingerprint density at radius 3 is 2.74 bits per heavy atom. The summed E-state index contributed by atoms with van der Waals surface area (Å²) in [6.45, 7) is 2.22. The van der Waals surface area contributed by atoms with E-state index in [9.17, 15) is 0 Å². The Bertz CT molecular complexity index is 405. The summed E-state index contributed by atoms with van der Waals surface area (Å²) in [6.07, 6.45) is 9.14. The van der Waals surface area contributed by atoms with Gasteiger partial charge in [0.25, 0.3) is 0 Å². The molecule has 2 aliphatic heterocycles. The summed E-state index contributed by atoms with van der Waals surface area (Å²) in [4.78, 5) is 0. The number of benzene rings is 1. The summed E-state index contributed by atoms with van der Waals surface area (Å²) in [7, 11) is 0. The monoisotopic (exact) mass is 259 g/mol. The van der Waals surface area contributed by atoms with Gasteiger partial charge in [0.2, 0.25) is 0 Å². The van der Waals surface area contributed by atoms with Gasteiger partial charge in [-0.25, -0.2) is 0 Å². The molecule has 2 aliphatic rings. The van der Waals surface area contributed by atoms with E-state index in [1.807, 2.05) is 0 Å². The number of aryl methyl sites for hydroxylation is 1. The maximum absolute atomic E-state index is 6.24. The van der Waals surface area contributed by atoms with E-state index in [-0.39, 0.29) is 0 Å². The Labute approximate surface area is 116 Å². The smallest absolute Gasteiger partial charge is 0.119 e. The fourth-order valence-electron chi connectivity index (χ4n) is 3.56. The molecule has 1 unspecified atom stereocenters. The van der Waals surface area contributed by atoms with Gasteiger partial charge in [-0.05, 0) is 49.8 Å². The number of nitrogens with one attached hydrogen (secondary N) is 1. The van der Waals surface area contributed by atoms with Crippen molar-refractivity contribution in [3.8, 4) is 5.75 Å². The zero-order chi connectivity index (χ0) is 13.1. The quantitative estimate of drug-likeness (QED) is 0.890. The van der Waals surface area contributed by atoms with E-state index in [1.165, 1.54) is 44.1 Å². The maximum Gasteiger partial charge on any atom is 0.119 e. The van der Waals surface area contributed by atoms with Crippen LogP contribution in [0.25, 0.3) is 0 Å². The van der Waals surface area contributed by atoms with Gasteiger partial charge in [0, 0.05) is 12.1 Å². The van der Waals surface area contributed by atoms with Gasteiger partial charge in [-0.15, -0.1) is 0 Å². The molecule has 3 rings (SSSR count). The molecule has 1 N–H and O–H groups in total. The third-order valence-corrected chi connectivity index (χ3v) is 4.41. The van der Waals surface area contributed by atoms with Gasteiger partial charge < -0.3 is 10.1 Å². The minimum absolute atomic E-state index is 0.411. The SMILES string of the molecule is CCCc1cccc(OC2C[C@H]3CCC[C@@H](C2)N3)c1. The molecule has 0 spiro atoms. The molecule has 2 heteroatoms. The molecule has 1 aromatic rings. The van der Waals surface area contributed by atoms with Crippen LogP contribution in [-0.2, 0) is 6.42 Å². The van der Waals surface area contributed by atoms with Crippen molar-refractivity contribution < 1.29 is 4.74 Å². The van der Waals surface area contributed by atoms with Crippen molar-refractivity contribution in [3.63, 3.8) is 0 Å². The van der Waals surface area contributed by atoms with Crippen LogP contribution in [0, 0.1) is 0 Å². The summed E-state index contributed by atoms with van der Waals surface area (Å²) in [5.41, 5.74) is 1.40. The van der Waals surface area contributed by atoms with Crippen molar-refractivity contribution in [3.05, 3.63) is 29.8 Å². The van der Waals surface area contributed by atoms with Crippen molar-refractivity contribution in [1.29, 1.82) is 0 Å². The van der Waals surface area contributed by atoms with E-state index in [2.05, 4.69) is 36.5 Å². The number of rotatable bonds is 4. The van der Waals surface area contributed by atoms with Crippen LogP contribution in [0.5, 0.6) is 5.75 Å². The molecule has 2 fully saturated rings. The summed E-state index contributed by atoms with van der Waals surface area (Å²) < 4.78 is 6.24. The molecule has 0 radical (unpaired) electrons. The Balaban J connectivity index is 1.63. The van der Waals surface area contributed by atoms with Crippen LogP contribution in [0.2, 0.25) is 0 Å². The van der Waals surface area contributed by atoms with E-state index < -0.39 is 0 Å². The Morgan fingerprint density at radius 1 is 1.21 bits per heavy atom. The lowest BCUT2D eigenvalue weighted by atomic mass is 9.85. The van der Waals surface area contributed by atoms with Crippen molar-refractivity contribution >= 4 is 0 Å². The van der Waals surface area contributed by atoms with Crippen LogP contribution >= 0.6 is 0 Å². The average molecular weight is 259 g/mol. The Kier molecular flexibility index (Phi) is 4.07. The van der Waals surface area contributed by atoms with E-state index in [0.29, 0.717) is 18.2 Å². The molecule has 0 amide bonds. The van der Waals surface area contributed by atoms with E-state index in [4.69, 9.17) is 4.74 Å². The van der Waals surface area contributed by atoms with Crippen LogP contribution in [-0.4, -0.2) is 18.2 Å². The van der Waals surface area contributed by atoms with E-state index in [0.717, 1.165) is 12.2 Å². The highest BCUT2D eigenvalue weighted by atomic mass is 16.5. The molecule has 2 bridgehead atoms. The molecule has 19 heavy (non-hydrogen) atoms. The van der Waals surface area contributed by atoms with Crippen LogP contribution in [0.3, 0.4) is 0 Å². The highest BCUT2D eigenvalue weighted by molar-refractivity contribution is 5.28. The molecule has 104 valence electrons. The topological polar surface area (TPSA) is 21.3 Å². The first-order valence-corrected chi connectivity index (χ1v) is 7.85. The summed E-state index contributed by atoms with van der Waals surface area (Å²) in [6, 6.07) is 10.0. The highest BCUT2D eigenvalue weighted by Gasteiger charge is 2.32. The minimum atomic E-state index is 0.411.